The second-order valence-corrected chi connectivity index (χ2v) is 11.8. The first-order chi connectivity index (χ1) is 19.2. The predicted molar refractivity (Wildman–Crippen MR) is 158 cm³/mol. The van der Waals surface area contributed by atoms with Crippen LogP contribution in [0.25, 0.3) is 22.2 Å². The molecule has 0 saturated carbocycles. The summed E-state index contributed by atoms with van der Waals surface area (Å²) in [6, 6.07) is 21.1. The van der Waals surface area contributed by atoms with Crippen molar-refractivity contribution in [2.24, 2.45) is 0 Å². The van der Waals surface area contributed by atoms with E-state index in [4.69, 9.17) is 20.8 Å². The van der Waals surface area contributed by atoms with Gasteiger partial charge in [0.2, 0.25) is 0 Å². The Labute approximate surface area is 241 Å². The molecule has 0 bridgehead atoms. The van der Waals surface area contributed by atoms with Gasteiger partial charge in [-0.1, -0.05) is 29.8 Å². The monoisotopic (exact) mass is 598 g/mol. The highest BCUT2D eigenvalue weighted by Crippen LogP contribution is 2.33. The van der Waals surface area contributed by atoms with Crippen molar-refractivity contribution in [2.75, 3.05) is 23.9 Å². The molecule has 41 heavy (non-hydrogen) atoms. The summed E-state index contributed by atoms with van der Waals surface area (Å²) in [5.74, 6) is 2.10. The van der Waals surface area contributed by atoms with Gasteiger partial charge in [-0.05, 0) is 54.6 Å². The molecule has 2 heterocycles. The number of sulfone groups is 1. The fourth-order valence-electron chi connectivity index (χ4n) is 4.01. The molecule has 0 aliphatic rings. The minimum atomic E-state index is -3.02. The number of ether oxygens (including phenoxy) is 1. The van der Waals surface area contributed by atoms with Crippen molar-refractivity contribution in [1.29, 1.82) is 0 Å². The van der Waals surface area contributed by atoms with Gasteiger partial charge in [-0.2, -0.15) is 0 Å². The van der Waals surface area contributed by atoms with Crippen molar-refractivity contribution in [3.05, 3.63) is 101 Å². The van der Waals surface area contributed by atoms with E-state index in [-0.39, 0.29) is 23.7 Å². The lowest BCUT2D eigenvalue weighted by atomic mass is 10.1. The molecule has 9 nitrogen and oxygen atoms in total. The van der Waals surface area contributed by atoms with Crippen LogP contribution in [0.3, 0.4) is 0 Å². The van der Waals surface area contributed by atoms with E-state index in [0.717, 1.165) is 16.5 Å². The van der Waals surface area contributed by atoms with Gasteiger partial charge in [0.15, 0.2) is 0 Å². The number of aromatic nitrogens is 2. The first kappa shape index (κ1) is 29.9. The standard InChI is InChI=1S/C29H26ClFN4O4S.H2O/c1-40(36,37)13-12-32-16-22-8-11-27(39-22)19-6-9-26-23(14-19)29(34-18-33-26)35-21-7-10-28(24(30)15-21)38-17-20-4-2-3-5-25(20)31;/h2-11,14-15,18,32H,12-13,16-17H2,1H3,(H,33,34,35);1H2. The third-order valence-electron chi connectivity index (χ3n) is 6.07. The Hall–Kier alpha value is -4.03. The van der Waals surface area contributed by atoms with Crippen LogP contribution < -0.4 is 15.4 Å². The molecule has 3 aromatic carbocycles. The molecule has 0 fully saturated rings. The van der Waals surface area contributed by atoms with Crippen molar-refractivity contribution in [3.8, 4) is 17.1 Å². The summed E-state index contributed by atoms with van der Waals surface area (Å²) in [6.45, 7) is 0.823. The molecule has 4 N–H and O–H groups in total. The third-order valence-corrected chi connectivity index (χ3v) is 7.31. The maximum absolute atomic E-state index is 13.9. The molecular formula is C29H28ClFN4O5S. The van der Waals surface area contributed by atoms with Crippen molar-refractivity contribution >= 4 is 43.8 Å². The number of furan rings is 1. The lowest BCUT2D eigenvalue weighted by molar-refractivity contribution is 0.300. The number of anilines is 2. The summed E-state index contributed by atoms with van der Waals surface area (Å²) < 4.78 is 48.2. The number of nitrogens with zero attached hydrogens (tertiary/aromatic N) is 2. The van der Waals surface area contributed by atoms with Crippen LogP contribution >= 0.6 is 11.6 Å². The molecule has 0 amide bonds. The van der Waals surface area contributed by atoms with Gasteiger partial charge in [0.05, 0.1) is 22.8 Å². The Kier molecular flexibility index (Phi) is 9.56. The largest absolute Gasteiger partial charge is 0.487 e. The van der Waals surface area contributed by atoms with Crippen LogP contribution in [-0.4, -0.2) is 42.4 Å². The van der Waals surface area contributed by atoms with Gasteiger partial charge in [0.1, 0.15) is 51.7 Å². The van der Waals surface area contributed by atoms with Crippen LogP contribution in [0.5, 0.6) is 5.75 Å². The Morgan fingerprint density at radius 1 is 1.02 bits per heavy atom. The summed E-state index contributed by atoms with van der Waals surface area (Å²) in [4.78, 5) is 8.79. The van der Waals surface area contributed by atoms with E-state index in [1.807, 2.05) is 30.3 Å². The number of halogens is 2. The molecule has 0 aliphatic carbocycles. The molecule has 0 radical (unpaired) electrons. The Balaban J connectivity index is 0.00000387. The Morgan fingerprint density at radius 3 is 2.63 bits per heavy atom. The second kappa shape index (κ2) is 13.1. The first-order valence-electron chi connectivity index (χ1n) is 12.4. The van der Waals surface area contributed by atoms with Crippen LogP contribution in [0.1, 0.15) is 11.3 Å². The van der Waals surface area contributed by atoms with E-state index in [1.165, 1.54) is 18.6 Å². The quantitative estimate of drug-likeness (QED) is 0.195. The Morgan fingerprint density at radius 2 is 1.85 bits per heavy atom. The van der Waals surface area contributed by atoms with Crippen molar-refractivity contribution in [1.82, 2.24) is 15.3 Å². The zero-order valence-electron chi connectivity index (χ0n) is 22.0. The van der Waals surface area contributed by atoms with Crippen LogP contribution in [0.4, 0.5) is 15.9 Å². The minimum Gasteiger partial charge on any atom is -0.487 e. The summed E-state index contributed by atoms with van der Waals surface area (Å²) in [7, 11) is -3.02. The van der Waals surface area contributed by atoms with Crippen LogP contribution in [0.15, 0.2) is 83.5 Å². The third kappa shape index (κ3) is 7.80. The lowest BCUT2D eigenvalue weighted by Crippen LogP contribution is -2.21. The lowest BCUT2D eigenvalue weighted by Gasteiger charge is -2.12. The van der Waals surface area contributed by atoms with Crippen molar-refractivity contribution in [2.45, 2.75) is 13.2 Å². The van der Waals surface area contributed by atoms with E-state index in [1.54, 1.807) is 36.4 Å². The Bertz CT molecular complexity index is 1760. The van der Waals surface area contributed by atoms with Gasteiger partial charge >= 0.3 is 0 Å². The molecule has 5 rings (SSSR count). The molecule has 12 heteroatoms. The molecule has 0 atom stereocenters. The fraction of sp³-hybridized carbons (Fsp3) is 0.172. The molecule has 0 aliphatic heterocycles. The number of hydrogen-bond acceptors (Lipinski definition) is 8. The van der Waals surface area contributed by atoms with Crippen molar-refractivity contribution in [3.63, 3.8) is 0 Å². The van der Waals surface area contributed by atoms with Crippen molar-refractivity contribution < 1.29 is 27.4 Å². The average molecular weight is 599 g/mol. The first-order valence-corrected chi connectivity index (χ1v) is 14.8. The maximum Gasteiger partial charge on any atom is 0.148 e. The van der Waals surface area contributed by atoms with E-state index >= 15 is 0 Å². The highest BCUT2D eigenvalue weighted by atomic mass is 35.5. The number of fused-ring (bicyclic) bond motifs is 1. The smallest absolute Gasteiger partial charge is 0.148 e. The molecule has 0 unspecified atom stereocenters. The van der Waals surface area contributed by atoms with Crippen LogP contribution in [-0.2, 0) is 23.0 Å². The number of hydrogen-bond donors (Lipinski definition) is 2. The highest BCUT2D eigenvalue weighted by Gasteiger charge is 2.12. The number of rotatable bonds is 11. The second-order valence-electron chi connectivity index (χ2n) is 9.18. The molecular weight excluding hydrogens is 571 g/mol. The highest BCUT2D eigenvalue weighted by molar-refractivity contribution is 7.90. The average Bonchev–Trinajstić information content (AvgIpc) is 3.40. The topological polar surface area (TPSA) is 138 Å². The molecule has 0 saturated heterocycles. The number of nitrogens with one attached hydrogen (secondary N) is 2. The summed E-state index contributed by atoms with van der Waals surface area (Å²) in [6.07, 6.45) is 2.69. The van der Waals surface area contributed by atoms with Gasteiger partial charge in [-0.25, -0.2) is 22.8 Å². The van der Waals surface area contributed by atoms with E-state index in [2.05, 4.69) is 20.6 Å². The van der Waals surface area contributed by atoms with Gasteiger partial charge < -0.3 is 25.3 Å². The fourth-order valence-corrected chi connectivity index (χ4v) is 4.76. The minimum absolute atomic E-state index is 0. The SMILES string of the molecule is CS(=O)(=O)CCNCc1ccc(-c2ccc3ncnc(Nc4ccc(OCc5ccccc5F)c(Cl)c4)c3c2)o1.O. The molecule has 0 spiro atoms. The maximum atomic E-state index is 13.9. The van der Waals surface area contributed by atoms with Crippen LogP contribution in [0.2, 0.25) is 5.02 Å². The molecule has 2 aromatic heterocycles. The summed E-state index contributed by atoms with van der Waals surface area (Å²) >= 11 is 6.46. The van der Waals surface area contributed by atoms with Gasteiger partial charge in [-0.3, -0.25) is 0 Å². The van der Waals surface area contributed by atoms with Crippen LogP contribution in [0, 0.1) is 5.82 Å². The van der Waals surface area contributed by atoms with Gasteiger partial charge in [0, 0.05) is 35.0 Å². The molecule has 214 valence electrons. The van der Waals surface area contributed by atoms with Gasteiger partial charge in [0.25, 0.3) is 0 Å². The summed E-state index contributed by atoms with van der Waals surface area (Å²) in [5.41, 5.74) is 2.71. The predicted octanol–water partition coefficient (Wildman–Crippen LogP) is 5.31. The zero-order chi connectivity index (χ0) is 28.1. The van der Waals surface area contributed by atoms with Gasteiger partial charge in [-0.15, -0.1) is 0 Å². The normalized spacial score (nSPS) is 11.3. The van der Waals surface area contributed by atoms with E-state index < -0.39 is 9.84 Å². The summed E-state index contributed by atoms with van der Waals surface area (Å²) in [5, 5.41) is 7.51. The number of benzene rings is 3. The molecule has 5 aromatic rings. The van der Waals surface area contributed by atoms with E-state index in [9.17, 15) is 12.8 Å². The zero-order valence-corrected chi connectivity index (χ0v) is 23.6. The van der Waals surface area contributed by atoms with E-state index in [0.29, 0.717) is 52.5 Å².